The molecule has 1 fully saturated rings. The number of hydrogen-bond acceptors (Lipinski definition) is 3. The van der Waals surface area contributed by atoms with Gasteiger partial charge in [-0.3, -0.25) is 4.79 Å². The zero-order valence-corrected chi connectivity index (χ0v) is 10.6. The van der Waals surface area contributed by atoms with E-state index in [1.54, 1.807) is 11.0 Å². The number of carbonyl (C=O) groups is 1. The van der Waals surface area contributed by atoms with E-state index in [0.29, 0.717) is 25.3 Å². The Hall–Kier alpha value is -1.55. The van der Waals surface area contributed by atoms with Gasteiger partial charge in [-0.15, -0.1) is 0 Å². The fraction of sp³-hybridized carbons (Fsp3) is 0.500. The van der Waals surface area contributed by atoms with Crippen molar-refractivity contribution in [2.24, 2.45) is 0 Å². The van der Waals surface area contributed by atoms with Gasteiger partial charge in [0.1, 0.15) is 5.75 Å². The van der Waals surface area contributed by atoms with Crippen molar-refractivity contribution in [3.8, 4) is 5.75 Å². The Balaban J connectivity index is 1.89. The van der Waals surface area contributed by atoms with Crippen LogP contribution in [0.15, 0.2) is 18.2 Å². The highest BCUT2D eigenvalue weighted by molar-refractivity contribution is 5.95. The third-order valence-corrected chi connectivity index (χ3v) is 3.69. The van der Waals surface area contributed by atoms with Crippen LogP contribution in [0.1, 0.15) is 29.8 Å². The van der Waals surface area contributed by atoms with Gasteiger partial charge in [0, 0.05) is 29.6 Å². The second-order valence-electron chi connectivity index (χ2n) is 5.75. The van der Waals surface area contributed by atoms with Gasteiger partial charge >= 0.3 is 0 Å². The normalized spacial score (nSPS) is 21.2. The second kappa shape index (κ2) is 3.72. The average Bonchev–Trinajstić information content (AvgIpc) is 2.60. The smallest absolute Gasteiger partial charge is 0.254 e. The SMILES string of the molecule is CC1(C)COc2ccc(C(=O)N3CC(O)C3)cc21. The molecule has 0 bridgehead atoms. The molecule has 4 heteroatoms. The first kappa shape index (κ1) is 11.5. The summed E-state index contributed by atoms with van der Waals surface area (Å²) < 4.78 is 5.60. The van der Waals surface area contributed by atoms with Gasteiger partial charge in [0.2, 0.25) is 0 Å². The molecule has 0 aromatic heterocycles. The van der Waals surface area contributed by atoms with Crippen molar-refractivity contribution in [2.45, 2.75) is 25.4 Å². The third-order valence-electron chi connectivity index (χ3n) is 3.69. The maximum atomic E-state index is 12.2. The Bertz CT molecular complexity index is 504. The van der Waals surface area contributed by atoms with E-state index in [0.717, 1.165) is 11.3 Å². The summed E-state index contributed by atoms with van der Waals surface area (Å²) >= 11 is 0. The number of rotatable bonds is 1. The number of nitrogens with zero attached hydrogens (tertiary/aromatic N) is 1. The minimum Gasteiger partial charge on any atom is -0.492 e. The Morgan fingerprint density at radius 1 is 1.44 bits per heavy atom. The van der Waals surface area contributed by atoms with Crippen LogP contribution in [0.2, 0.25) is 0 Å². The fourth-order valence-electron chi connectivity index (χ4n) is 2.46. The highest BCUT2D eigenvalue weighted by atomic mass is 16.5. The lowest BCUT2D eigenvalue weighted by Crippen LogP contribution is -2.53. The molecule has 0 saturated carbocycles. The number of ether oxygens (including phenoxy) is 1. The van der Waals surface area contributed by atoms with E-state index in [4.69, 9.17) is 4.74 Å². The standard InChI is InChI=1S/C14H17NO3/c1-14(2)8-18-12-4-3-9(5-11(12)14)13(17)15-6-10(16)7-15/h3-5,10,16H,6-8H2,1-2H3. The summed E-state index contributed by atoms with van der Waals surface area (Å²) in [6.45, 7) is 5.76. The monoisotopic (exact) mass is 247 g/mol. The van der Waals surface area contributed by atoms with Crippen LogP contribution >= 0.6 is 0 Å². The molecular weight excluding hydrogens is 230 g/mol. The summed E-state index contributed by atoms with van der Waals surface area (Å²) in [6, 6.07) is 5.59. The molecule has 2 aliphatic heterocycles. The van der Waals surface area contributed by atoms with Crippen LogP contribution < -0.4 is 4.74 Å². The van der Waals surface area contributed by atoms with Gasteiger partial charge in [0.15, 0.2) is 0 Å². The van der Waals surface area contributed by atoms with Crippen molar-refractivity contribution in [1.29, 1.82) is 0 Å². The first-order chi connectivity index (χ1) is 8.47. The van der Waals surface area contributed by atoms with Crippen molar-refractivity contribution >= 4 is 5.91 Å². The molecule has 18 heavy (non-hydrogen) atoms. The quantitative estimate of drug-likeness (QED) is 0.810. The number of amides is 1. The molecule has 1 aromatic carbocycles. The van der Waals surface area contributed by atoms with Crippen LogP contribution in [0, 0.1) is 0 Å². The molecule has 96 valence electrons. The third kappa shape index (κ3) is 1.68. The second-order valence-corrected chi connectivity index (χ2v) is 5.75. The van der Waals surface area contributed by atoms with Crippen molar-refractivity contribution in [3.05, 3.63) is 29.3 Å². The summed E-state index contributed by atoms with van der Waals surface area (Å²) in [5.74, 6) is 0.867. The largest absolute Gasteiger partial charge is 0.492 e. The Kier molecular flexibility index (Phi) is 2.38. The highest BCUT2D eigenvalue weighted by Gasteiger charge is 2.34. The lowest BCUT2D eigenvalue weighted by atomic mass is 9.86. The molecule has 0 radical (unpaired) electrons. The molecular formula is C14H17NO3. The van der Waals surface area contributed by atoms with E-state index in [-0.39, 0.29) is 17.4 Å². The Morgan fingerprint density at radius 3 is 2.83 bits per heavy atom. The molecule has 0 atom stereocenters. The number of likely N-dealkylation sites (tertiary alicyclic amines) is 1. The molecule has 1 amide bonds. The molecule has 0 spiro atoms. The molecule has 0 unspecified atom stereocenters. The average molecular weight is 247 g/mol. The first-order valence-corrected chi connectivity index (χ1v) is 6.22. The molecule has 4 nitrogen and oxygen atoms in total. The summed E-state index contributed by atoms with van der Waals surface area (Å²) in [6.07, 6.45) is -0.358. The van der Waals surface area contributed by atoms with E-state index < -0.39 is 0 Å². The van der Waals surface area contributed by atoms with Gasteiger partial charge in [-0.25, -0.2) is 0 Å². The number of benzene rings is 1. The molecule has 2 aliphatic rings. The number of β-amino-alcohol motifs (C(OH)–C–C–N with tert-alkyl or cyclic N) is 1. The first-order valence-electron chi connectivity index (χ1n) is 6.22. The molecule has 1 saturated heterocycles. The zero-order valence-electron chi connectivity index (χ0n) is 10.6. The number of aliphatic hydroxyl groups is 1. The van der Waals surface area contributed by atoms with Gasteiger partial charge in [-0.05, 0) is 18.2 Å². The van der Waals surface area contributed by atoms with E-state index in [1.165, 1.54) is 0 Å². The Morgan fingerprint density at radius 2 is 2.17 bits per heavy atom. The molecule has 2 heterocycles. The predicted molar refractivity (Wildman–Crippen MR) is 66.9 cm³/mol. The molecule has 1 aromatic rings. The summed E-state index contributed by atoms with van der Waals surface area (Å²) in [7, 11) is 0. The number of carbonyl (C=O) groups excluding carboxylic acids is 1. The van der Waals surface area contributed by atoms with Crippen LogP contribution in [0.4, 0.5) is 0 Å². The fourth-order valence-corrected chi connectivity index (χ4v) is 2.46. The lowest BCUT2D eigenvalue weighted by Gasteiger charge is -2.36. The predicted octanol–water partition coefficient (Wildman–Crippen LogP) is 1.17. The number of aliphatic hydroxyl groups excluding tert-OH is 1. The van der Waals surface area contributed by atoms with Gasteiger partial charge in [-0.1, -0.05) is 13.8 Å². The van der Waals surface area contributed by atoms with Gasteiger partial charge in [-0.2, -0.15) is 0 Å². The van der Waals surface area contributed by atoms with Crippen molar-refractivity contribution in [2.75, 3.05) is 19.7 Å². The molecule has 1 N–H and O–H groups in total. The summed E-state index contributed by atoms with van der Waals surface area (Å²) in [4.78, 5) is 13.8. The van der Waals surface area contributed by atoms with Crippen LogP contribution in [0.3, 0.4) is 0 Å². The summed E-state index contributed by atoms with van der Waals surface area (Å²) in [5, 5.41) is 9.24. The van der Waals surface area contributed by atoms with Crippen LogP contribution in [-0.2, 0) is 5.41 Å². The highest BCUT2D eigenvalue weighted by Crippen LogP contribution is 2.38. The maximum absolute atomic E-state index is 12.2. The molecule has 0 aliphatic carbocycles. The lowest BCUT2D eigenvalue weighted by molar-refractivity contribution is 0.00589. The van der Waals surface area contributed by atoms with E-state index in [9.17, 15) is 9.90 Å². The van der Waals surface area contributed by atoms with E-state index in [1.807, 2.05) is 12.1 Å². The minimum absolute atomic E-state index is 0.00852. The van der Waals surface area contributed by atoms with Gasteiger partial charge in [0.05, 0.1) is 12.7 Å². The van der Waals surface area contributed by atoms with Crippen molar-refractivity contribution in [3.63, 3.8) is 0 Å². The molecule has 3 rings (SSSR count). The maximum Gasteiger partial charge on any atom is 0.254 e. The number of fused-ring (bicyclic) bond motifs is 1. The zero-order chi connectivity index (χ0) is 12.9. The van der Waals surface area contributed by atoms with Crippen LogP contribution in [-0.4, -0.2) is 41.7 Å². The summed E-state index contributed by atoms with van der Waals surface area (Å²) in [5.41, 5.74) is 1.73. The van der Waals surface area contributed by atoms with E-state index in [2.05, 4.69) is 13.8 Å². The van der Waals surface area contributed by atoms with Crippen molar-refractivity contribution < 1.29 is 14.6 Å². The van der Waals surface area contributed by atoms with E-state index >= 15 is 0 Å². The van der Waals surface area contributed by atoms with Gasteiger partial charge < -0.3 is 14.7 Å². The van der Waals surface area contributed by atoms with Crippen molar-refractivity contribution in [1.82, 2.24) is 4.90 Å². The number of hydrogen-bond donors (Lipinski definition) is 1. The topological polar surface area (TPSA) is 49.8 Å². The Labute approximate surface area is 106 Å². The van der Waals surface area contributed by atoms with Crippen LogP contribution in [0.5, 0.6) is 5.75 Å². The van der Waals surface area contributed by atoms with Crippen LogP contribution in [0.25, 0.3) is 0 Å². The van der Waals surface area contributed by atoms with Gasteiger partial charge in [0.25, 0.3) is 5.91 Å². The minimum atomic E-state index is -0.358.